The maximum atomic E-state index is 14.7. The number of hydrogen-bond acceptors (Lipinski definition) is 4. The first-order valence-corrected chi connectivity index (χ1v) is 12.4. The van der Waals surface area contributed by atoms with Gasteiger partial charge in [-0.1, -0.05) is 41.0 Å². The monoisotopic (exact) mass is 460 g/mol. The maximum Gasteiger partial charge on any atom is 0.495 e. The predicted octanol–water partition coefficient (Wildman–Crippen LogP) is 3.77. The molecule has 0 N–H and O–H groups in total. The minimum atomic E-state index is -0.743. The van der Waals surface area contributed by atoms with Crippen LogP contribution in [-0.2, 0) is 14.1 Å². The van der Waals surface area contributed by atoms with E-state index in [9.17, 15) is 14.0 Å². The standard InChI is InChI=1S/C25H38BFN2O4/c1-7-12-21-23(31)28(6)13-14-29(21)22(30)18-15-19(17-20(27)16-18)26-32-24(8-2,9-3)25(10-4,11-5)33-26/h15-17,21H,7-14H2,1-6H3. The van der Waals surface area contributed by atoms with Gasteiger partial charge in [-0.15, -0.1) is 0 Å². The lowest BCUT2D eigenvalue weighted by Crippen LogP contribution is -2.57. The molecule has 0 bridgehead atoms. The zero-order chi connectivity index (χ0) is 24.4. The lowest BCUT2D eigenvalue weighted by atomic mass is 9.75. The van der Waals surface area contributed by atoms with Gasteiger partial charge in [-0.05, 0) is 55.8 Å². The minimum Gasteiger partial charge on any atom is -0.399 e. The Morgan fingerprint density at radius 2 is 1.61 bits per heavy atom. The summed E-state index contributed by atoms with van der Waals surface area (Å²) in [5.41, 5.74) is -0.206. The van der Waals surface area contributed by atoms with Crippen molar-refractivity contribution in [2.75, 3.05) is 20.1 Å². The number of hydrogen-bond donors (Lipinski definition) is 0. The summed E-state index contributed by atoms with van der Waals surface area (Å²) in [4.78, 5) is 29.4. The lowest BCUT2D eigenvalue weighted by Gasteiger charge is -2.42. The van der Waals surface area contributed by atoms with Crippen molar-refractivity contribution >= 4 is 24.4 Å². The number of nitrogens with zero attached hydrogens (tertiary/aromatic N) is 2. The molecule has 182 valence electrons. The van der Waals surface area contributed by atoms with E-state index >= 15 is 0 Å². The molecule has 0 aromatic heterocycles. The molecule has 0 radical (unpaired) electrons. The van der Waals surface area contributed by atoms with Crippen LogP contribution < -0.4 is 5.46 Å². The van der Waals surface area contributed by atoms with Crippen LogP contribution in [0.3, 0.4) is 0 Å². The van der Waals surface area contributed by atoms with Crippen molar-refractivity contribution in [3.05, 3.63) is 29.6 Å². The van der Waals surface area contributed by atoms with E-state index in [1.54, 1.807) is 22.9 Å². The van der Waals surface area contributed by atoms with Crippen LogP contribution in [0, 0.1) is 5.82 Å². The van der Waals surface area contributed by atoms with Gasteiger partial charge in [-0.25, -0.2) is 4.39 Å². The smallest absolute Gasteiger partial charge is 0.399 e. The van der Waals surface area contributed by atoms with Gasteiger partial charge in [0.1, 0.15) is 11.9 Å². The number of rotatable bonds is 8. The molecule has 1 aromatic carbocycles. The molecule has 2 saturated heterocycles. The van der Waals surface area contributed by atoms with Gasteiger partial charge in [0.05, 0.1) is 11.2 Å². The molecule has 2 aliphatic heterocycles. The first-order valence-electron chi connectivity index (χ1n) is 12.4. The fourth-order valence-electron chi connectivity index (χ4n) is 5.65. The number of halogens is 1. The Morgan fingerprint density at radius 1 is 1.03 bits per heavy atom. The zero-order valence-corrected chi connectivity index (χ0v) is 20.9. The highest BCUT2D eigenvalue weighted by Gasteiger charge is 2.58. The second kappa shape index (κ2) is 10.1. The lowest BCUT2D eigenvalue weighted by molar-refractivity contribution is -0.138. The van der Waals surface area contributed by atoms with Crippen LogP contribution in [-0.4, -0.2) is 66.1 Å². The van der Waals surface area contributed by atoms with Crippen molar-refractivity contribution in [2.24, 2.45) is 0 Å². The highest BCUT2D eigenvalue weighted by Crippen LogP contribution is 2.46. The van der Waals surface area contributed by atoms with E-state index in [1.807, 2.05) is 6.92 Å². The summed E-state index contributed by atoms with van der Waals surface area (Å²) in [6.45, 7) is 11.2. The third-order valence-corrected chi connectivity index (χ3v) is 7.76. The Morgan fingerprint density at radius 3 is 2.12 bits per heavy atom. The average Bonchev–Trinajstić information content (AvgIpc) is 3.17. The predicted molar refractivity (Wildman–Crippen MR) is 128 cm³/mol. The molecular formula is C25H38BFN2O4. The van der Waals surface area contributed by atoms with E-state index in [0.29, 0.717) is 25.0 Å². The van der Waals surface area contributed by atoms with E-state index in [4.69, 9.17) is 9.31 Å². The summed E-state index contributed by atoms with van der Waals surface area (Å²) in [6.07, 6.45) is 4.49. The van der Waals surface area contributed by atoms with Crippen molar-refractivity contribution in [3.8, 4) is 0 Å². The molecule has 1 unspecified atom stereocenters. The molecule has 0 aliphatic carbocycles. The summed E-state index contributed by atoms with van der Waals surface area (Å²) < 4.78 is 27.7. The summed E-state index contributed by atoms with van der Waals surface area (Å²) in [6, 6.07) is 3.77. The number of likely N-dealkylation sites (N-methyl/N-ethyl adjacent to an activating group) is 1. The SMILES string of the molecule is CCCC1C(=O)N(C)CCN1C(=O)c1cc(F)cc(B2OC(CC)(CC)C(CC)(CC)O2)c1. The Labute approximate surface area is 197 Å². The van der Waals surface area contributed by atoms with E-state index in [1.165, 1.54) is 12.1 Å². The number of benzene rings is 1. The zero-order valence-electron chi connectivity index (χ0n) is 20.9. The Bertz CT molecular complexity index is 852. The summed E-state index contributed by atoms with van der Waals surface area (Å²) in [5, 5.41) is 0. The fraction of sp³-hybridized carbons (Fsp3) is 0.680. The molecule has 8 heteroatoms. The number of piperazine rings is 1. The van der Waals surface area contributed by atoms with E-state index < -0.39 is 30.2 Å². The second-order valence-corrected chi connectivity index (χ2v) is 9.31. The van der Waals surface area contributed by atoms with Crippen LogP contribution in [0.4, 0.5) is 4.39 Å². The molecule has 0 spiro atoms. The number of amides is 2. The first-order chi connectivity index (χ1) is 15.7. The van der Waals surface area contributed by atoms with Gasteiger partial charge >= 0.3 is 7.12 Å². The molecule has 1 atom stereocenters. The topological polar surface area (TPSA) is 59.1 Å². The molecule has 2 heterocycles. The summed E-state index contributed by atoms with van der Waals surface area (Å²) in [5.74, 6) is -0.912. The van der Waals surface area contributed by atoms with Crippen LogP contribution in [0.25, 0.3) is 0 Å². The second-order valence-electron chi connectivity index (χ2n) is 9.31. The molecule has 2 amide bonds. The van der Waals surface area contributed by atoms with Crippen molar-refractivity contribution in [1.82, 2.24) is 9.80 Å². The van der Waals surface area contributed by atoms with Crippen molar-refractivity contribution in [2.45, 2.75) is 90.4 Å². The van der Waals surface area contributed by atoms with Crippen molar-refractivity contribution < 1.29 is 23.3 Å². The van der Waals surface area contributed by atoms with E-state index in [0.717, 1.165) is 32.1 Å². The molecule has 33 heavy (non-hydrogen) atoms. The highest BCUT2D eigenvalue weighted by atomic mass is 19.1. The molecule has 2 aliphatic rings. The van der Waals surface area contributed by atoms with Gasteiger partial charge in [0.2, 0.25) is 5.91 Å². The van der Waals surface area contributed by atoms with E-state index in [-0.39, 0.29) is 17.4 Å². The number of carbonyl (C=O) groups is 2. The van der Waals surface area contributed by atoms with Crippen LogP contribution in [0.1, 0.15) is 83.5 Å². The Balaban J connectivity index is 1.94. The van der Waals surface area contributed by atoms with Gasteiger partial charge in [-0.3, -0.25) is 9.59 Å². The summed E-state index contributed by atoms with van der Waals surface area (Å²) >= 11 is 0. The summed E-state index contributed by atoms with van der Waals surface area (Å²) in [7, 11) is 1.01. The van der Waals surface area contributed by atoms with Gasteiger partial charge < -0.3 is 19.1 Å². The molecule has 2 fully saturated rings. The molecule has 6 nitrogen and oxygen atoms in total. The average molecular weight is 460 g/mol. The van der Waals surface area contributed by atoms with Crippen LogP contribution in [0.15, 0.2) is 18.2 Å². The quantitative estimate of drug-likeness (QED) is 0.555. The molecular weight excluding hydrogens is 422 g/mol. The molecule has 1 aromatic rings. The molecule has 0 saturated carbocycles. The fourth-order valence-corrected chi connectivity index (χ4v) is 5.65. The third-order valence-electron chi connectivity index (χ3n) is 7.76. The third kappa shape index (κ3) is 4.44. The van der Waals surface area contributed by atoms with Crippen LogP contribution in [0.5, 0.6) is 0 Å². The van der Waals surface area contributed by atoms with Gasteiger partial charge in [0.25, 0.3) is 5.91 Å². The Hall–Kier alpha value is -1.93. The van der Waals surface area contributed by atoms with Gasteiger partial charge in [-0.2, -0.15) is 0 Å². The highest BCUT2D eigenvalue weighted by molar-refractivity contribution is 6.62. The van der Waals surface area contributed by atoms with E-state index in [2.05, 4.69) is 27.7 Å². The van der Waals surface area contributed by atoms with Crippen LogP contribution >= 0.6 is 0 Å². The maximum absolute atomic E-state index is 14.7. The van der Waals surface area contributed by atoms with Crippen molar-refractivity contribution in [3.63, 3.8) is 0 Å². The normalized spacial score (nSPS) is 22.2. The minimum absolute atomic E-state index is 0.0677. The Kier molecular flexibility index (Phi) is 7.89. The first kappa shape index (κ1) is 25.7. The van der Waals surface area contributed by atoms with Gasteiger partial charge in [0, 0.05) is 25.7 Å². The van der Waals surface area contributed by atoms with Crippen molar-refractivity contribution in [1.29, 1.82) is 0 Å². The van der Waals surface area contributed by atoms with Gasteiger partial charge in [0.15, 0.2) is 0 Å². The largest absolute Gasteiger partial charge is 0.495 e. The van der Waals surface area contributed by atoms with Crippen LogP contribution in [0.2, 0.25) is 0 Å². The molecule has 3 rings (SSSR count). The number of carbonyl (C=O) groups excluding carboxylic acids is 2.